The number of nitrogen functional groups attached to an aromatic ring is 1. The Morgan fingerprint density at radius 2 is 2.18 bits per heavy atom. The highest BCUT2D eigenvalue weighted by Gasteiger charge is 2.07. The van der Waals surface area contributed by atoms with Crippen LogP contribution < -0.4 is 16.8 Å². The van der Waals surface area contributed by atoms with Gasteiger partial charge in [0.1, 0.15) is 0 Å². The van der Waals surface area contributed by atoms with Crippen LogP contribution in [0.2, 0.25) is 0 Å². The van der Waals surface area contributed by atoms with Gasteiger partial charge in [0.05, 0.1) is 13.2 Å². The van der Waals surface area contributed by atoms with Crippen LogP contribution in [0, 0.1) is 6.92 Å². The van der Waals surface area contributed by atoms with E-state index >= 15 is 0 Å². The number of rotatable bonds is 6. The van der Waals surface area contributed by atoms with Crippen molar-refractivity contribution in [3.8, 4) is 0 Å². The maximum atomic E-state index is 11.8. The van der Waals surface area contributed by atoms with Crippen LogP contribution in [0.25, 0.3) is 0 Å². The molecule has 0 heterocycles. The average molecular weight is 237 g/mol. The van der Waals surface area contributed by atoms with E-state index in [9.17, 15) is 4.79 Å². The Morgan fingerprint density at radius 3 is 2.82 bits per heavy atom. The highest BCUT2D eigenvalue weighted by molar-refractivity contribution is 5.95. The van der Waals surface area contributed by atoms with Crippen molar-refractivity contribution in [2.75, 3.05) is 32.0 Å². The van der Waals surface area contributed by atoms with Crippen molar-refractivity contribution < 1.29 is 9.53 Å². The molecule has 1 rings (SSSR count). The average Bonchev–Trinajstić information content (AvgIpc) is 2.28. The Kier molecular flexibility index (Phi) is 5.45. The molecule has 94 valence electrons. The van der Waals surface area contributed by atoms with Crippen molar-refractivity contribution in [3.05, 3.63) is 29.3 Å². The van der Waals surface area contributed by atoms with E-state index in [4.69, 9.17) is 16.2 Å². The number of hydrogen-bond donors (Lipinski definition) is 3. The molecule has 17 heavy (non-hydrogen) atoms. The van der Waals surface area contributed by atoms with E-state index in [1.807, 2.05) is 6.92 Å². The number of carbonyl (C=O) groups is 1. The Labute approximate surface area is 101 Å². The number of ether oxygens (including phenoxy) is 1. The normalized spacial score (nSPS) is 10.2. The number of nitrogens with one attached hydrogen (secondary N) is 1. The Hall–Kier alpha value is -1.59. The monoisotopic (exact) mass is 237 g/mol. The van der Waals surface area contributed by atoms with Crippen molar-refractivity contribution in [1.29, 1.82) is 0 Å². The van der Waals surface area contributed by atoms with Crippen LogP contribution in [0.15, 0.2) is 18.2 Å². The molecule has 0 aliphatic heterocycles. The zero-order valence-corrected chi connectivity index (χ0v) is 10.0. The second-order valence-corrected chi connectivity index (χ2v) is 3.73. The fraction of sp³-hybridized carbons (Fsp3) is 0.417. The van der Waals surface area contributed by atoms with E-state index in [1.54, 1.807) is 18.2 Å². The molecule has 0 saturated heterocycles. The lowest BCUT2D eigenvalue weighted by molar-refractivity contribution is 0.0919. The molecule has 5 N–H and O–H groups in total. The Bertz CT molecular complexity index is 380. The van der Waals surface area contributed by atoms with Crippen LogP contribution in [0.1, 0.15) is 15.9 Å². The number of amides is 1. The predicted octanol–water partition coefficient (Wildman–Crippen LogP) is 0.282. The highest BCUT2D eigenvalue weighted by Crippen LogP contribution is 2.11. The molecule has 0 atom stereocenters. The Morgan fingerprint density at radius 1 is 1.41 bits per heavy atom. The molecule has 0 saturated carbocycles. The highest BCUT2D eigenvalue weighted by atomic mass is 16.5. The molecule has 0 bridgehead atoms. The minimum atomic E-state index is -0.112. The first-order valence-electron chi connectivity index (χ1n) is 5.57. The molecule has 0 unspecified atom stereocenters. The van der Waals surface area contributed by atoms with Gasteiger partial charge in [0.2, 0.25) is 0 Å². The summed E-state index contributed by atoms with van der Waals surface area (Å²) in [6.07, 6.45) is 0. The van der Waals surface area contributed by atoms with E-state index in [2.05, 4.69) is 5.32 Å². The van der Waals surface area contributed by atoms with Gasteiger partial charge in [-0.25, -0.2) is 0 Å². The van der Waals surface area contributed by atoms with Crippen molar-refractivity contribution in [3.63, 3.8) is 0 Å². The summed E-state index contributed by atoms with van der Waals surface area (Å²) < 4.78 is 5.16. The van der Waals surface area contributed by atoms with Crippen molar-refractivity contribution in [1.82, 2.24) is 5.32 Å². The molecule has 5 heteroatoms. The van der Waals surface area contributed by atoms with E-state index in [0.717, 1.165) is 5.56 Å². The van der Waals surface area contributed by atoms with Crippen molar-refractivity contribution in [2.24, 2.45) is 5.73 Å². The molecule has 0 aliphatic rings. The van der Waals surface area contributed by atoms with Gasteiger partial charge in [-0.1, -0.05) is 0 Å². The van der Waals surface area contributed by atoms with Gasteiger partial charge in [0, 0.05) is 24.3 Å². The second-order valence-electron chi connectivity index (χ2n) is 3.73. The van der Waals surface area contributed by atoms with Gasteiger partial charge < -0.3 is 21.5 Å². The number of hydrogen-bond acceptors (Lipinski definition) is 4. The maximum absolute atomic E-state index is 11.8. The van der Waals surface area contributed by atoms with Crippen LogP contribution in [0.5, 0.6) is 0 Å². The number of anilines is 1. The fourth-order valence-corrected chi connectivity index (χ4v) is 1.46. The molecule has 1 amide bonds. The second kappa shape index (κ2) is 6.88. The van der Waals surface area contributed by atoms with Crippen molar-refractivity contribution in [2.45, 2.75) is 6.92 Å². The van der Waals surface area contributed by atoms with Crippen LogP contribution in [0.4, 0.5) is 5.69 Å². The number of carbonyl (C=O) groups excluding carboxylic acids is 1. The summed E-state index contributed by atoms with van der Waals surface area (Å²) in [5.74, 6) is -0.112. The zero-order chi connectivity index (χ0) is 12.7. The molecule has 0 radical (unpaired) electrons. The molecule has 0 aromatic heterocycles. The maximum Gasteiger partial charge on any atom is 0.251 e. The molecule has 0 spiro atoms. The SMILES string of the molecule is Cc1cc(N)ccc1C(=O)NCCOCCN. The summed E-state index contributed by atoms with van der Waals surface area (Å²) in [6.45, 7) is 3.80. The first-order chi connectivity index (χ1) is 8.15. The van der Waals surface area contributed by atoms with Crippen molar-refractivity contribution >= 4 is 11.6 Å². The first-order valence-corrected chi connectivity index (χ1v) is 5.57. The lowest BCUT2D eigenvalue weighted by atomic mass is 10.1. The van der Waals surface area contributed by atoms with Gasteiger partial charge in [0.15, 0.2) is 0 Å². The molecule has 1 aromatic rings. The minimum Gasteiger partial charge on any atom is -0.399 e. The zero-order valence-electron chi connectivity index (χ0n) is 10.0. The predicted molar refractivity (Wildman–Crippen MR) is 67.8 cm³/mol. The largest absolute Gasteiger partial charge is 0.399 e. The van der Waals surface area contributed by atoms with Gasteiger partial charge in [-0.3, -0.25) is 4.79 Å². The molecule has 0 fully saturated rings. The van der Waals surface area contributed by atoms with Crippen LogP contribution >= 0.6 is 0 Å². The van der Waals surface area contributed by atoms with Gasteiger partial charge in [-0.05, 0) is 30.7 Å². The van der Waals surface area contributed by atoms with Crippen LogP contribution in [0.3, 0.4) is 0 Å². The third-order valence-electron chi connectivity index (χ3n) is 2.29. The van der Waals surface area contributed by atoms with E-state index in [-0.39, 0.29) is 5.91 Å². The third kappa shape index (κ3) is 4.42. The summed E-state index contributed by atoms with van der Waals surface area (Å²) in [7, 11) is 0. The molecular weight excluding hydrogens is 218 g/mol. The molecule has 1 aromatic carbocycles. The third-order valence-corrected chi connectivity index (χ3v) is 2.29. The molecular formula is C12H19N3O2. The van der Waals surface area contributed by atoms with Gasteiger partial charge in [-0.15, -0.1) is 0 Å². The number of nitrogens with two attached hydrogens (primary N) is 2. The number of aryl methyl sites for hydroxylation is 1. The summed E-state index contributed by atoms with van der Waals surface area (Å²) in [4.78, 5) is 11.8. The summed E-state index contributed by atoms with van der Waals surface area (Å²) in [5, 5.41) is 2.77. The van der Waals surface area contributed by atoms with E-state index in [0.29, 0.717) is 37.6 Å². The summed E-state index contributed by atoms with van der Waals surface area (Å²) in [5.41, 5.74) is 13.1. The molecule has 0 aliphatic carbocycles. The van der Waals surface area contributed by atoms with Gasteiger partial charge in [0.25, 0.3) is 5.91 Å². The standard InChI is InChI=1S/C12H19N3O2/c1-9-8-10(14)2-3-11(9)12(16)15-5-7-17-6-4-13/h2-3,8H,4-7,13-14H2,1H3,(H,15,16). The minimum absolute atomic E-state index is 0.112. The fourth-order valence-electron chi connectivity index (χ4n) is 1.46. The molecule has 5 nitrogen and oxygen atoms in total. The number of benzene rings is 1. The summed E-state index contributed by atoms with van der Waals surface area (Å²) >= 11 is 0. The summed E-state index contributed by atoms with van der Waals surface area (Å²) in [6, 6.07) is 5.22. The Balaban J connectivity index is 2.42. The van der Waals surface area contributed by atoms with Gasteiger partial charge >= 0.3 is 0 Å². The van der Waals surface area contributed by atoms with E-state index in [1.165, 1.54) is 0 Å². The quantitative estimate of drug-likeness (QED) is 0.489. The smallest absolute Gasteiger partial charge is 0.251 e. The topological polar surface area (TPSA) is 90.4 Å². The van der Waals surface area contributed by atoms with Gasteiger partial charge in [-0.2, -0.15) is 0 Å². The lowest BCUT2D eigenvalue weighted by Crippen LogP contribution is -2.28. The lowest BCUT2D eigenvalue weighted by Gasteiger charge is -2.08. The first kappa shape index (κ1) is 13.5. The van der Waals surface area contributed by atoms with E-state index < -0.39 is 0 Å². The van der Waals surface area contributed by atoms with Crippen LogP contribution in [-0.4, -0.2) is 32.2 Å². The van der Waals surface area contributed by atoms with Crippen LogP contribution in [-0.2, 0) is 4.74 Å².